The van der Waals surface area contributed by atoms with Crippen LogP contribution in [0.1, 0.15) is 12.8 Å². The van der Waals surface area contributed by atoms with E-state index in [1.54, 1.807) is 12.4 Å². The summed E-state index contributed by atoms with van der Waals surface area (Å²) in [5, 5.41) is 8.69. The van der Waals surface area contributed by atoms with Crippen LogP contribution in [0.3, 0.4) is 0 Å². The molecule has 0 atom stereocenters. The minimum atomic E-state index is 0.0846. The Kier molecular flexibility index (Phi) is 4.11. The van der Waals surface area contributed by atoms with Crippen LogP contribution >= 0.6 is 0 Å². The van der Waals surface area contributed by atoms with Crippen LogP contribution in [-0.2, 0) is 4.74 Å². The van der Waals surface area contributed by atoms with Crippen molar-refractivity contribution in [2.75, 3.05) is 36.9 Å². The number of rotatable bonds is 4. The van der Waals surface area contributed by atoms with E-state index in [-0.39, 0.29) is 12.7 Å². The van der Waals surface area contributed by atoms with Crippen LogP contribution in [0.15, 0.2) is 12.4 Å². The summed E-state index contributed by atoms with van der Waals surface area (Å²) in [5.41, 5.74) is 6.12. The summed E-state index contributed by atoms with van der Waals surface area (Å²) in [5.74, 6) is 0.722. The van der Waals surface area contributed by atoms with Crippen LogP contribution in [-0.4, -0.2) is 47.5 Å². The van der Waals surface area contributed by atoms with Gasteiger partial charge in [0.05, 0.1) is 37.4 Å². The zero-order valence-corrected chi connectivity index (χ0v) is 9.75. The first kappa shape index (κ1) is 12.1. The minimum absolute atomic E-state index is 0.0846. The molecule has 0 saturated carbocycles. The van der Waals surface area contributed by atoms with Crippen LogP contribution in [0.2, 0.25) is 0 Å². The number of aliphatic hydroxyl groups is 1. The van der Waals surface area contributed by atoms with Gasteiger partial charge in [-0.25, -0.2) is 9.97 Å². The topological polar surface area (TPSA) is 84.5 Å². The SMILES string of the molecule is Nc1cnc(N2CCC(OCCO)CC2)nc1. The second-order valence-electron chi connectivity index (χ2n) is 4.10. The van der Waals surface area contributed by atoms with E-state index in [4.69, 9.17) is 15.6 Å². The molecule has 2 heterocycles. The molecule has 0 aromatic carbocycles. The molecule has 1 aromatic rings. The first-order valence-electron chi connectivity index (χ1n) is 5.84. The summed E-state index contributed by atoms with van der Waals surface area (Å²) < 4.78 is 5.50. The zero-order valence-electron chi connectivity index (χ0n) is 9.75. The molecule has 1 saturated heterocycles. The standard InChI is InChI=1S/C11H18N4O2/c12-9-7-13-11(14-8-9)15-3-1-10(2-4-15)17-6-5-16/h7-8,10,16H,1-6,12H2. The highest BCUT2D eigenvalue weighted by molar-refractivity contribution is 5.38. The third kappa shape index (κ3) is 3.28. The quantitative estimate of drug-likeness (QED) is 0.770. The summed E-state index contributed by atoms with van der Waals surface area (Å²) >= 11 is 0. The van der Waals surface area contributed by atoms with Crippen LogP contribution < -0.4 is 10.6 Å². The molecule has 0 aliphatic carbocycles. The summed E-state index contributed by atoms with van der Waals surface area (Å²) in [7, 11) is 0. The maximum Gasteiger partial charge on any atom is 0.225 e. The van der Waals surface area contributed by atoms with E-state index in [2.05, 4.69) is 14.9 Å². The average molecular weight is 238 g/mol. The van der Waals surface area contributed by atoms with Crippen LogP contribution in [0.5, 0.6) is 0 Å². The highest BCUT2D eigenvalue weighted by Crippen LogP contribution is 2.17. The van der Waals surface area contributed by atoms with Gasteiger partial charge in [0.15, 0.2) is 0 Å². The second-order valence-corrected chi connectivity index (χ2v) is 4.10. The number of anilines is 2. The van der Waals surface area contributed by atoms with E-state index < -0.39 is 0 Å². The summed E-state index contributed by atoms with van der Waals surface area (Å²) in [6, 6.07) is 0. The van der Waals surface area contributed by atoms with Gasteiger partial charge in [-0.3, -0.25) is 0 Å². The molecule has 2 rings (SSSR count). The highest BCUT2D eigenvalue weighted by atomic mass is 16.5. The molecule has 3 N–H and O–H groups in total. The van der Waals surface area contributed by atoms with Gasteiger partial charge in [-0.1, -0.05) is 0 Å². The molecule has 1 aliphatic heterocycles. The average Bonchev–Trinajstić information content (AvgIpc) is 2.38. The fourth-order valence-electron chi connectivity index (χ4n) is 1.94. The molecule has 0 radical (unpaired) electrons. The Balaban J connectivity index is 1.84. The number of nitrogens with zero attached hydrogens (tertiary/aromatic N) is 3. The Labute approximate surface area is 100 Å². The van der Waals surface area contributed by atoms with Crippen molar-refractivity contribution in [3.8, 4) is 0 Å². The molecule has 0 bridgehead atoms. The molecule has 94 valence electrons. The van der Waals surface area contributed by atoms with Crippen molar-refractivity contribution >= 4 is 11.6 Å². The number of aromatic nitrogens is 2. The van der Waals surface area contributed by atoms with Gasteiger partial charge in [-0.15, -0.1) is 0 Å². The van der Waals surface area contributed by atoms with Gasteiger partial charge in [-0.05, 0) is 12.8 Å². The lowest BCUT2D eigenvalue weighted by Gasteiger charge is -2.31. The number of nitrogens with two attached hydrogens (primary N) is 1. The third-order valence-corrected chi connectivity index (χ3v) is 2.83. The Hall–Kier alpha value is -1.40. The van der Waals surface area contributed by atoms with Gasteiger partial charge in [0.1, 0.15) is 0 Å². The van der Waals surface area contributed by atoms with Gasteiger partial charge in [0.2, 0.25) is 5.95 Å². The smallest absolute Gasteiger partial charge is 0.225 e. The molecule has 6 heteroatoms. The van der Waals surface area contributed by atoms with E-state index in [1.165, 1.54) is 0 Å². The molecule has 6 nitrogen and oxygen atoms in total. The van der Waals surface area contributed by atoms with Crippen molar-refractivity contribution in [1.29, 1.82) is 0 Å². The minimum Gasteiger partial charge on any atom is -0.396 e. The first-order valence-corrected chi connectivity index (χ1v) is 5.84. The maximum absolute atomic E-state index is 8.69. The lowest BCUT2D eigenvalue weighted by molar-refractivity contribution is 0.0157. The fourth-order valence-corrected chi connectivity index (χ4v) is 1.94. The van der Waals surface area contributed by atoms with Crippen molar-refractivity contribution in [3.63, 3.8) is 0 Å². The largest absolute Gasteiger partial charge is 0.396 e. The Morgan fingerprint density at radius 3 is 2.59 bits per heavy atom. The molecular formula is C11H18N4O2. The van der Waals surface area contributed by atoms with Crippen molar-refractivity contribution in [1.82, 2.24) is 9.97 Å². The van der Waals surface area contributed by atoms with E-state index in [0.29, 0.717) is 12.3 Å². The van der Waals surface area contributed by atoms with Crippen molar-refractivity contribution in [2.24, 2.45) is 0 Å². The van der Waals surface area contributed by atoms with E-state index in [1.807, 2.05) is 0 Å². The Morgan fingerprint density at radius 2 is 2.00 bits per heavy atom. The Morgan fingerprint density at radius 1 is 1.35 bits per heavy atom. The van der Waals surface area contributed by atoms with Crippen molar-refractivity contribution < 1.29 is 9.84 Å². The molecule has 17 heavy (non-hydrogen) atoms. The predicted molar refractivity (Wildman–Crippen MR) is 64.7 cm³/mol. The van der Waals surface area contributed by atoms with Gasteiger partial charge in [-0.2, -0.15) is 0 Å². The molecule has 1 aromatic heterocycles. The normalized spacial score (nSPS) is 17.4. The van der Waals surface area contributed by atoms with Gasteiger partial charge in [0.25, 0.3) is 0 Å². The Bertz CT molecular complexity index is 336. The van der Waals surface area contributed by atoms with Crippen LogP contribution in [0.4, 0.5) is 11.6 Å². The van der Waals surface area contributed by atoms with Crippen LogP contribution in [0.25, 0.3) is 0 Å². The molecule has 0 spiro atoms. The van der Waals surface area contributed by atoms with Crippen molar-refractivity contribution in [2.45, 2.75) is 18.9 Å². The number of hydrogen-bond acceptors (Lipinski definition) is 6. The number of piperidine rings is 1. The summed E-state index contributed by atoms with van der Waals surface area (Å²) in [6.45, 7) is 2.25. The number of nitrogen functional groups attached to an aromatic ring is 1. The van der Waals surface area contributed by atoms with E-state index in [9.17, 15) is 0 Å². The zero-order chi connectivity index (χ0) is 12.1. The highest BCUT2D eigenvalue weighted by Gasteiger charge is 2.20. The molecule has 1 aliphatic rings. The molecule has 1 fully saturated rings. The number of hydrogen-bond donors (Lipinski definition) is 2. The first-order chi connectivity index (χ1) is 8.29. The molecule has 0 unspecified atom stereocenters. The monoisotopic (exact) mass is 238 g/mol. The van der Waals surface area contributed by atoms with Crippen molar-refractivity contribution in [3.05, 3.63) is 12.4 Å². The lowest BCUT2D eigenvalue weighted by atomic mass is 10.1. The van der Waals surface area contributed by atoms with Gasteiger partial charge >= 0.3 is 0 Å². The van der Waals surface area contributed by atoms with E-state index >= 15 is 0 Å². The fraction of sp³-hybridized carbons (Fsp3) is 0.636. The van der Waals surface area contributed by atoms with Crippen LogP contribution in [0, 0.1) is 0 Å². The second kappa shape index (κ2) is 5.79. The lowest BCUT2D eigenvalue weighted by Crippen LogP contribution is -2.38. The van der Waals surface area contributed by atoms with E-state index in [0.717, 1.165) is 31.9 Å². The maximum atomic E-state index is 8.69. The third-order valence-electron chi connectivity index (χ3n) is 2.83. The number of aliphatic hydroxyl groups excluding tert-OH is 1. The number of ether oxygens (including phenoxy) is 1. The van der Waals surface area contributed by atoms with Gasteiger partial charge in [0, 0.05) is 13.1 Å². The molecule has 0 amide bonds. The predicted octanol–water partition coefficient (Wildman–Crippen LogP) is 0.0365. The summed E-state index contributed by atoms with van der Waals surface area (Å²) in [4.78, 5) is 10.5. The summed E-state index contributed by atoms with van der Waals surface area (Å²) in [6.07, 6.45) is 5.36. The molecular weight excluding hydrogens is 220 g/mol. The van der Waals surface area contributed by atoms with Gasteiger partial charge < -0.3 is 20.5 Å².